The van der Waals surface area contributed by atoms with Crippen LogP contribution < -0.4 is 14.8 Å². The number of benzene rings is 1. The monoisotopic (exact) mass is 362 g/mol. The van der Waals surface area contributed by atoms with Crippen LogP contribution in [-0.4, -0.2) is 51.0 Å². The van der Waals surface area contributed by atoms with Gasteiger partial charge in [-0.25, -0.2) is 4.79 Å². The lowest BCUT2D eigenvalue weighted by Crippen LogP contribution is -2.51. The summed E-state index contributed by atoms with van der Waals surface area (Å²) >= 11 is 0. The van der Waals surface area contributed by atoms with Crippen molar-refractivity contribution in [2.45, 2.75) is 38.8 Å². The molecule has 26 heavy (non-hydrogen) atoms. The summed E-state index contributed by atoms with van der Waals surface area (Å²) in [6, 6.07) is 5.75. The van der Waals surface area contributed by atoms with Crippen molar-refractivity contribution >= 4 is 6.03 Å². The van der Waals surface area contributed by atoms with E-state index in [1.54, 1.807) is 14.2 Å². The smallest absolute Gasteiger partial charge is 0.317 e. The van der Waals surface area contributed by atoms with Gasteiger partial charge >= 0.3 is 6.03 Å². The number of carbonyl (C=O) groups is 1. The number of methoxy groups -OCH3 is 2. The highest BCUT2D eigenvalue weighted by Crippen LogP contribution is 2.38. The maximum atomic E-state index is 12.7. The minimum absolute atomic E-state index is 0.0132. The van der Waals surface area contributed by atoms with Crippen molar-refractivity contribution in [3.63, 3.8) is 0 Å². The molecule has 1 heterocycles. The second kappa shape index (κ2) is 8.62. The van der Waals surface area contributed by atoms with Crippen LogP contribution in [0.4, 0.5) is 4.79 Å². The van der Waals surface area contributed by atoms with E-state index in [-0.39, 0.29) is 6.03 Å². The van der Waals surface area contributed by atoms with Crippen LogP contribution in [0.25, 0.3) is 0 Å². The molecule has 3 atom stereocenters. The highest BCUT2D eigenvalue weighted by Gasteiger charge is 2.43. The van der Waals surface area contributed by atoms with Gasteiger partial charge in [-0.05, 0) is 25.3 Å². The molecule has 2 amide bonds. The first-order valence-electron chi connectivity index (χ1n) is 9.52. The minimum atomic E-state index is -0.0132. The standard InChI is InChI=1S/C20H30N2O4/c1-4-10-26-19-14(6-5-7-17(19)24-2)11-21-20(23)22-12-15-8-9-16(13-22)18(15)25-3/h5-7,15-16,18H,4,8-13H2,1-3H3,(H,21,23)/t15-,16+,18?. The normalized spacial score (nSPS) is 24.4. The fraction of sp³-hybridized carbons (Fsp3) is 0.650. The molecule has 1 unspecified atom stereocenters. The Morgan fingerprint density at radius 2 is 1.96 bits per heavy atom. The van der Waals surface area contributed by atoms with E-state index in [4.69, 9.17) is 14.2 Å². The van der Waals surface area contributed by atoms with Crippen molar-refractivity contribution in [1.82, 2.24) is 10.2 Å². The number of nitrogens with one attached hydrogen (secondary N) is 1. The number of nitrogens with zero attached hydrogens (tertiary/aromatic N) is 1. The summed E-state index contributed by atoms with van der Waals surface area (Å²) in [6.45, 7) is 4.66. The number of rotatable bonds is 7. The van der Waals surface area contributed by atoms with E-state index >= 15 is 0 Å². The molecule has 1 aliphatic carbocycles. The van der Waals surface area contributed by atoms with Gasteiger partial charge in [-0.15, -0.1) is 0 Å². The van der Waals surface area contributed by atoms with Crippen LogP contribution in [-0.2, 0) is 11.3 Å². The molecule has 144 valence electrons. The molecule has 1 saturated carbocycles. The molecule has 2 fully saturated rings. The summed E-state index contributed by atoms with van der Waals surface area (Å²) in [5.41, 5.74) is 0.931. The average Bonchev–Trinajstić information content (AvgIpc) is 2.91. The quantitative estimate of drug-likeness (QED) is 0.810. The Morgan fingerprint density at radius 1 is 1.23 bits per heavy atom. The topological polar surface area (TPSA) is 60.0 Å². The molecule has 2 bridgehead atoms. The van der Waals surface area contributed by atoms with E-state index in [2.05, 4.69) is 12.2 Å². The van der Waals surface area contributed by atoms with Gasteiger partial charge in [0, 0.05) is 44.1 Å². The van der Waals surface area contributed by atoms with E-state index in [0.29, 0.717) is 36.8 Å². The zero-order valence-corrected chi connectivity index (χ0v) is 16.0. The number of hydrogen-bond donors (Lipinski definition) is 1. The molecule has 1 saturated heterocycles. The van der Waals surface area contributed by atoms with Crippen LogP contribution in [0.1, 0.15) is 31.7 Å². The van der Waals surface area contributed by atoms with Gasteiger partial charge < -0.3 is 24.4 Å². The molecule has 6 nitrogen and oxygen atoms in total. The van der Waals surface area contributed by atoms with E-state index in [1.807, 2.05) is 23.1 Å². The number of hydrogen-bond acceptors (Lipinski definition) is 4. The van der Waals surface area contributed by atoms with E-state index in [0.717, 1.165) is 43.7 Å². The molecule has 1 aromatic rings. The third-order valence-electron chi connectivity index (χ3n) is 5.47. The Balaban J connectivity index is 1.61. The average molecular weight is 362 g/mol. The van der Waals surface area contributed by atoms with Gasteiger partial charge in [0.05, 0.1) is 19.8 Å². The lowest BCUT2D eigenvalue weighted by atomic mass is 9.95. The third kappa shape index (κ3) is 3.90. The Bertz CT molecular complexity index is 608. The van der Waals surface area contributed by atoms with Crippen LogP contribution in [0.2, 0.25) is 0 Å². The van der Waals surface area contributed by atoms with Crippen LogP contribution in [0, 0.1) is 11.8 Å². The van der Waals surface area contributed by atoms with Crippen molar-refractivity contribution in [1.29, 1.82) is 0 Å². The van der Waals surface area contributed by atoms with Crippen molar-refractivity contribution in [3.05, 3.63) is 23.8 Å². The lowest BCUT2D eigenvalue weighted by molar-refractivity contribution is -0.00509. The summed E-state index contributed by atoms with van der Waals surface area (Å²) in [5, 5.41) is 3.05. The van der Waals surface area contributed by atoms with E-state index in [9.17, 15) is 4.79 Å². The van der Waals surface area contributed by atoms with Gasteiger partial charge in [0.1, 0.15) is 0 Å². The zero-order valence-electron chi connectivity index (χ0n) is 16.0. The minimum Gasteiger partial charge on any atom is -0.493 e. The van der Waals surface area contributed by atoms with E-state index < -0.39 is 0 Å². The SMILES string of the molecule is CCCOc1c(CNC(=O)N2C[C@H]3CC[C@@H](C2)C3OC)cccc1OC. The number of piperidine rings is 1. The van der Waals surface area contributed by atoms with Gasteiger partial charge in [0.15, 0.2) is 11.5 Å². The third-order valence-corrected chi connectivity index (χ3v) is 5.47. The van der Waals surface area contributed by atoms with Crippen molar-refractivity contribution in [2.24, 2.45) is 11.8 Å². The van der Waals surface area contributed by atoms with Crippen molar-refractivity contribution < 1.29 is 19.0 Å². The second-order valence-corrected chi connectivity index (χ2v) is 7.16. The molecule has 0 spiro atoms. The molecule has 1 N–H and O–H groups in total. The summed E-state index contributed by atoms with van der Waals surface area (Å²) in [7, 11) is 3.42. The van der Waals surface area contributed by atoms with Crippen LogP contribution in [0.5, 0.6) is 11.5 Å². The van der Waals surface area contributed by atoms with Gasteiger partial charge in [-0.1, -0.05) is 19.1 Å². The largest absolute Gasteiger partial charge is 0.493 e. The summed E-state index contributed by atoms with van der Waals surface area (Å²) in [5.74, 6) is 2.34. The summed E-state index contributed by atoms with van der Waals surface area (Å²) < 4.78 is 16.9. The first kappa shape index (κ1) is 18.8. The van der Waals surface area contributed by atoms with E-state index in [1.165, 1.54) is 0 Å². The number of fused-ring (bicyclic) bond motifs is 2. The zero-order chi connectivity index (χ0) is 18.5. The molecule has 3 rings (SSSR count). The van der Waals surface area contributed by atoms with Gasteiger partial charge in [0.2, 0.25) is 0 Å². The summed E-state index contributed by atoms with van der Waals surface area (Å²) in [6.07, 6.45) is 3.53. The molecule has 2 aliphatic rings. The predicted molar refractivity (Wildman–Crippen MR) is 99.6 cm³/mol. The molecular formula is C20H30N2O4. The van der Waals surface area contributed by atoms with Crippen molar-refractivity contribution in [3.8, 4) is 11.5 Å². The molecule has 1 aromatic carbocycles. The number of ether oxygens (including phenoxy) is 3. The molecular weight excluding hydrogens is 332 g/mol. The first-order valence-corrected chi connectivity index (χ1v) is 9.52. The van der Waals surface area contributed by atoms with Gasteiger partial charge in [-0.3, -0.25) is 0 Å². The highest BCUT2D eigenvalue weighted by molar-refractivity contribution is 5.74. The lowest BCUT2D eigenvalue weighted by Gasteiger charge is -2.37. The first-order chi connectivity index (χ1) is 12.7. The van der Waals surface area contributed by atoms with Crippen LogP contribution in [0.15, 0.2) is 18.2 Å². The number of amides is 2. The summed E-state index contributed by atoms with van der Waals surface area (Å²) in [4.78, 5) is 14.6. The molecule has 1 aliphatic heterocycles. The number of carbonyl (C=O) groups excluding carboxylic acids is 1. The Labute approximate surface area is 155 Å². The second-order valence-electron chi connectivity index (χ2n) is 7.16. The Kier molecular flexibility index (Phi) is 6.25. The van der Waals surface area contributed by atoms with Gasteiger partial charge in [-0.2, -0.15) is 0 Å². The predicted octanol–water partition coefficient (Wildman–Crippen LogP) is 3.05. The number of likely N-dealkylation sites (tertiary alicyclic amines) is 1. The Hall–Kier alpha value is -1.95. The fourth-order valence-electron chi connectivity index (χ4n) is 4.24. The van der Waals surface area contributed by atoms with Crippen LogP contribution in [0.3, 0.4) is 0 Å². The maximum absolute atomic E-state index is 12.7. The molecule has 0 radical (unpaired) electrons. The molecule has 0 aromatic heterocycles. The van der Waals surface area contributed by atoms with Crippen molar-refractivity contribution in [2.75, 3.05) is 33.9 Å². The number of para-hydroxylation sites is 1. The van der Waals surface area contributed by atoms with Crippen LogP contribution >= 0.6 is 0 Å². The highest BCUT2D eigenvalue weighted by atomic mass is 16.5. The Morgan fingerprint density at radius 3 is 2.58 bits per heavy atom. The fourth-order valence-corrected chi connectivity index (χ4v) is 4.24. The maximum Gasteiger partial charge on any atom is 0.317 e. The van der Waals surface area contributed by atoms with Gasteiger partial charge in [0.25, 0.3) is 0 Å². The number of urea groups is 1. The molecule has 6 heteroatoms.